The molecule has 1 N–H and O–H groups in total. The third-order valence-electron chi connectivity index (χ3n) is 1.65. The SMILES string of the molecule is O=C1CNC(=O)N1c1cncnc1. The maximum absolute atomic E-state index is 11.2. The molecule has 0 spiro atoms. The molecule has 1 aromatic rings. The van der Waals surface area contributed by atoms with E-state index in [0.29, 0.717) is 5.69 Å². The largest absolute Gasteiger partial charge is 0.329 e. The summed E-state index contributed by atoms with van der Waals surface area (Å²) in [7, 11) is 0. The lowest BCUT2D eigenvalue weighted by Gasteiger charge is -2.09. The highest BCUT2D eigenvalue weighted by Crippen LogP contribution is 2.13. The molecule has 1 aromatic heterocycles. The van der Waals surface area contributed by atoms with E-state index in [1.165, 1.54) is 18.7 Å². The minimum absolute atomic E-state index is 0.0354. The molecule has 1 aliphatic rings. The molecule has 0 aliphatic carbocycles. The minimum Gasteiger partial charge on any atom is -0.328 e. The molecule has 3 amide bonds. The van der Waals surface area contributed by atoms with Gasteiger partial charge in [0.15, 0.2) is 0 Å². The highest BCUT2D eigenvalue weighted by Gasteiger charge is 2.30. The van der Waals surface area contributed by atoms with Crippen LogP contribution in [0.1, 0.15) is 0 Å². The van der Waals surface area contributed by atoms with E-state index in [0.717, 1.165) is 4.90 Å². The number of hydrogen-bond acceptors (Lipinski definition) is 4. The van der Waals surface area contributed by atoms with Crippen molar-refractivity contribution < 1.29 is 9.59 Å². The van der Waals surface area contributed by atoms with Crippen LogP contribution >= 0.6 is 0 Å². The third-order valence-corrected chi connectivity index (χ3v) is 1.65. The summed E-state index contributed by atoms with van der Waals surface area (Å²) in [6, 6.07) is -0.431. The van der Waals surface area contributed by atoms with Gasteiger partial charge in [-0.25, -0.2) is 19.7 Å². The van der Waals surface area contributed by atoms with Gasteiger partial charge in [-0.15, -0.1) is 0 Å². The number of rotatable bonds is 1. The van der Waals surface area contributed by atoms with Gasteiger partial charge in [-0.2, -0.15) is 0 Å². The van der Waals surface area contributed by atoms with Gasteiger partial charge in [-0.3, -0.25) is 4.79 Å². The van der Waals surface area contributed by atoms with E-state index in [1.54, 1.807) is 0 Å². The Balaban J connectivity index is 2.36. The smallest absolute Gasteiger partial charge is 0.328 e. The van der Waals surface area contributed by atoms with E-state index in [9.17, 15) is 9.59 Å². The average molecular weight is 178 g/mol. The Bertz CT molecular complexity index is 335. The zero-order valence-corrected chi connectivity index (χ0v) is 6.60. The molecule has 6 nitrogen and oxygen atoms in total. The zero-order valence-electron chi connectivity index (χ0n) is 6.60. The van der Waals surface area contributed by atoms with Crippen LogP contribution < -0.4 is 10.2 Å². The molecule has 0 saturated carbocycles. The summed E-state index contributed by atoms with van der Waals surface area (Å²) in [5, 5.41) is 2.40. The van der Waals surface area contributed by atoms with E-state index >= 15 is 0 Å². The Kier molecular flexibility index (Phi) is 1.66. The predicted molar refractivity (Wildman–Crippen MR) is 42.9 cm³/mol. The van der Waals surface area contributed by atoms with Gasteiger partial charge in [0, 0.05) is 0 Å². The molecular formula is C7H6N4O2. The molecule has 66 valence electrons. The van der Waals surface area contributed by atoms with Crippen molar-refractivity contribution in [2.24, 2.45) is 0 Å². The van der Waals surface area contributed by atoms with Gasteiger partial charge in [0.05, 0.1) is 24.6 Å². The van der Waals surface area contributed by atoms with Gasteiger partial charge in [-0.05, 0) is 0 Å². The van der Waals surface area contributed by atoms with Crippen LogP contribution in [-0.4, -0.2) is 28.5 Å². The molecule has 1 saturated heterocycles. The van der Waals surface area contributed by atoms with Crippen molar-refractivity contribution in [2.45, 2.75) is 0 Å². The summed E-state index contributed by atoms with van der Waals surface area (Å²) < 4.78 is 0. The lowest BCUT2D eigenvalue weighted by molar-refractivity contribution is -0.115. The number of carbonyl (C=O) groups excluding carboxylic acids is 2. The Hall–Kier alpha value is -1.98. The predicted octanol–water partition coefficient (Wildman–Crippen LogP) is -0.467. The minimum atomic E-state index is -0.431. The van der Waals surface area contributed by atoms with Crippen LogP contribution in [0.5, 0.6) is 0 Å². The molecule has 13 heavy (non-hydrogen) atoms. The fourth-order valence-electron chi connectivity index (χ4n) is 1.09. The second-order valence-electron chi connectivity index (χ2n) is 2.48. The molecule has 0 radical (unpaired) electrons. The van der Waals surface area contributed by atoms with Crippen molar-refractivity contribution in [3.05, 3.63) is 18.7 Å². The number of nitrogens with zero attached hydrogens (tertiary/aromatic N) is 3. The standard InChI is InChI=1S/C7H6N4O2/c12-6-3-10-7(13)11(6)5-1-8-4-9-2-5/h1-2,4H,3H2,(H,10,13). The molecule has 0 aromatic carbocycles. The molecule has 1 fully saturated rings. The van der Waals surface area contributed by atoms with Crippen LogP contribution in [-0.2, 0) is 4.79 Å². The summed E-state index contributed by atoms with van der Waals surface area (Å²) in [6.07, 6.45) is 4.16. The first-order valence-electron chi connectivity index (χ1n) is 3.65. The summed E-state index contributed by atoms with van der Waals surface area (Å²) in [4.78, 5) is 30.7. The lowest BCUT2D eigenvalue weighted by atomic mass is 10.4. The van der Waals surface area contributed by atoms with Crippen molar-refractivity contribution in [1.82, 2.24) is 15.3 Å². The highest BCUT2D eigenvalue weighted by molar-refractivity contribution is 6.19. The van der Waals surface area contributed by atoms with Gasteiger partial charge in [0.25, 0.3) is 5.91 Å². The van der Waals surface area contributed by atoms with Gasteiger partial charge >= 0.3 is 6.03 Å². The number of anilines is 1. The fourth-order valence-corrected chi connectivity index (χ4v) is 1.09. The molecule has 1 aliphatic heterocycles. The van der Waals surface area contributed by atoms with Crippen molar-refractivity contribution in [1.29, 1.82) is 0 Å². The molecule has 0 bridgehead atoms. The van der Waals surface area contributed by atoms with Crippen molar-refractivity contribution in [3.8, 4) is 0 Å². The van der Waals surface area contributed by atoms with Crippen LogP contribution in [0.15, 0.2) is 18.7 Å². The van der Waals surface area contributed by atoms with Crippen molar-refractivity contribution in [3.63, 3.8) is 0 Å². The Morgan fingerprint density at radius 3 is 2.54 bits per heavy atom. The van der Waals surface area contributed by atoms with E-state index in [4.69, 9.17) is 0 Å². The number of imide groups is 1. The van der Waals surface area contributed by atoms with E-state index in [1.807, 2.05) is 0 Å². The van der Waals surface area contributed by atoms with Crippen molar-refractivity contribution >= 4 is 17.6 Å². The molecule has 0 atom stereocenters. The average Bonchev–Trinajstić information content (AvgIpc) is 2.48. The second kappa shape index (κ2) is 2.81. The number of urea groups is 1. The van der Waals surface area contributed by atoms with Crippen LogP contribution in [0, 0.1) is 0 Å². The van der Waals surface area contributed by atoms with Crippen molar-refractivity contribution in [2.75, 3.05) is 11.4 Å². The quantitative estimate of drug-likeness (QED) is 0.590. The normalized spacial score (nSPS) is 16.2. The summed E-state index contributed by atoms with van der Waals surface area (Å²) in [6.45, 7) is 0.0354. The molecule has 0 unspecified atom stereocenters. The first-order chi connectivity index (χ1) is 6.29. The van der Waals surface area contributed by atoms with E-state index < -0.39 is 6.03 Å². The number of aromatic nitrogens is 2. The summed E-state index contributed by atoms with van der Waals surface area (Å²) in [5.41, 5.74) is 0.391. The number of hydrogen-bond donors (Lipinski definition) is 1. The lowest BCUT2D eigenvalue weighted by Crippen LogP contribution is -2.30. The highest BCUT2D eigenvalue weighted by atomic mass is 16.2. The Morgan fingerprint density at radius 2 is 2.00 bits per heavy atom. The fraction of sp³-hybridized carbons (Fsp3) is 0.143. The monoisotopic (exact) mass is 178 g/mol. The van der Waals surface area contributed by atoms with Crippen LogP contribution in [0.2, 0.25) is 0 Å². The molecule has 2 heterocycles. The van der Waals surface area contributed by atoms with Gasteiger partial charge in [0.2, 0.25) is 0 Å². The van der Waals surface area contributed by atoms with E-state index in [-0.39, 0.29) is 12.5 Å². The second-order valence-corrected chi connectivity index (χ2v) is 2.48. The first-order valence-corrected chi connectivity index (χ1v) is 3.65. The van der Waals surface area contributed by atoms with Crippen LogP contribution in [0.25, 0.3) is 0 Å². The number of carbonyl (C=O) groups is 2. The number of nitrogens with one attached hydrogen (secondary N) is 1. The Morgan fingerprint density at radius 1 is 1.31 bits per heavy atom. The van der Waals surface area contributed by atoms with Gasteiger partial charge in [-0.1, -0.05) is 0 Å². The zero-order chi connectivity index (χ0) is 9.26. The van der Waals surface area contributed by atoms with Crippen LogP contribution in [0.4, 0.5) is 10.5 Å². The summed E-state index contributed by atoms with van der Waals surface area (Å²) in [5.74, 6) is -0.292. The summed E-state index contributed by atoms with van der Waals surface area (Å²) >= 11 is 0. The molecular weight excluding hydrogens is 172 g/mol. The van der Waals surface area contributed by atoms with E-state index in [2.05, 4.69) is 15.3 Å². The first kappa shape index (κ1) is 7.66. The van der Waals surface area contributed by atoms with Gasteiger partial charge in [0.1, 0.15) is 6.33 Å². The number of amides is 3. The molecule has 2 rings (SSSR count). The van der Waals surface area contributed by atoms with Crippen LogP contribution in [0.3, 0.4) is 0 Å². The Labute approximate surface area is 73.6 Å². The topological polar surface area (TPSA) is 75.2 Å². The maximum Gasteiger partial charge on any atom is 0.329 e. The third kappa shape index (κ3) is 1.22. The van der Waals surface area contributed by atoms with Gasteiger partial charge < -0.3 is 5.32 Å². The maximum atomic E-state index is 11.2. The molecule has 6 heteroatoms.